The van der Waals surface area contributed by atoms with E-state index in [2.05, 4.69) is 72.9 Å². The van der Waals surface area contributed by atoms with Crippen LogP contribution < -0.4 is 10.1 Å². The molecule has 0 saturated carbocycles. The lowest BCUT2D eigenvalue weighted by atomic mass is 10.0. The Morgan fingerprint density at radius 1 is 0.913 bits per heavy atom. The average Bonchev–Trinajstić information content (AvgIpc) is 2.60. The van der Waals surface area contributed by atoms with E-state index >= 15 is 0 Å². The molecule has 3 aromatic rings. The summed E-state index contributed by atoms with van der Waals surface area (Å²) in [4.78, 5) is 0. The molecule has 23 heavy (non-hydrogen) atoms. The standard InChI is InChI=1S/C21H23NO/c1-16-7-3-4-8-17(16)13-14-22-15-20-19-10-6-5-9-18(19)11-12-21(20)23-2/h3-12,22H,13-15H2,1-2H3. The molecule has 0 fully saturated rings. The van der Waals surface area contributed by atoms with Gasteiger partial charge in [0, 0.05) is 12.1 Å². The van der Waals surface area contributed by atoms with Crippen molar-refractivity contribution in [1.82, 2.24) is 5.32 Å². The Morgan fingerprint density at radius 2 is 1.70 bits per heavy atom. The van der Waals surface area contributed by atoms with Gasteiger partial charge in [-0.3, -0.25) is 0 Å². The predicted octanol–water partition coefficient (Wildman–Crippen LogP) is 4.49. The molecule has 0 aliphatic rings. The molecule has 2 nitrogen and oxygen atoms in total. The van der Waals surface area contributed by atoms with Gasteiger partial charge < -0.3 is 10.1 Å². The first-order chi connectivity index (χ1) is 11.3. The van der Waals surface area contributed by atoms with Gasteiger partial charge in [0.25, 0.3) is 0 Å². The monoisotopic (exact) mass is 305 g/mol. The van der Waals surface area contributed by atoms with Crippen LogP contribution in [0.1, 0.15) is 16.7 Å². The van der Waals surface area contributed by atoms with Gasteiger partial charge in [-0.1, -0.05) is 54.6 Å². The van der Waals surface area contributed by atoms with Gasteiger partial charge >= 0.3 is 0 Å². The smallest absolute Gasteiger partial charge is 0.123 e. The van der Waals surface area contributed by atoms with Gasteiger partial charge in [0.05, 0.1) is 7.11 Å². The van der Waals surface area contributed by atoms with E-state index in [-0.39, 0.29) is 0 Å². The molecule has 118 valence electrons. The molecule has 0 bridgehead atoms. The molecule has 0 unspecified atom stereocenters. The van der Waals surface area contributed by atoms with Gasteiger partial charge in [0.1, 0.15) is 5.75 Å². The summed E-state index contributed by atoms with van der Waals surface area (Å²) in [6.07, 6.45) is 1.04. The number of hydrogen-bond acceptors (Lipinski definition) is 2. The second-order valence-corrected chi connectivity index (χ2v) is 5.82. The van der Waals surface area contributed by atoms with E-state index in [1.54, 1.807) is 7.11 Å². The molecule has 0 saturated heterocycles. The van der Waals surface area contributed by atoms with Gasteiger partial charge in [-0.15, -0.1) is 0 Å². The third kappa shape index (κ3) is 3.54. The lowest BCUT2D eigenvalue weighted by Crippen LogP contribution is -2.17. The molecule has 0 amide bonds. The van der Waals surface area contributed by atoms with Crippen molar-refractivity contribution in [2.75, 3.05) is 13.7 Å². The molecular formula is C21H23NO. The summed E-state index contributed by atoms with van der Waals surface area (Å²) >= 11 is 0. The molecule has 3 aromatic carbocycles. The maximum atomic E-state index is 5.55. The molecule has 0 aliphatic carbocycles. The molecule has 0 radical (unpaired) electrons. The first-order valence-corrected chi connectivity index (χ1v) is 8.09. The third-order valence-corrected chi connectivity index (χ3v) is 4.35. The van der Waals surface area contributed by atoms with E-state index in [4.69, 9.17) is 4.74 Å². The fraction of sp³-hybridized carbons (Fsp3) is 0.238. The number of fused-ring (bicyclic) bond motifs is 1. The zero-order valence-corrected chi connectivity index (χ0v) is 13.8. The number of benzene rings is 3. The van der Waals surface area contributed by atoms with Crippen molar-refractivity contribution in [3.63, 3.8) is 0 Å². The van der Waals surface area contributed by atoms with Crippen molar-refractivity contribution in [3.05, 3.63) is 77.4 Å². The van der Waals surface area contributed by atoms with Crippen LogP contribution in [0.25, 0.3) is 10.8 Å². The lowest BCUT2D eigenvalue weighted by molar-refractivity contribution is 0.409. The van der Waals surface area contributed by atoms with Crippen LogP contribution in [0.4, 0.5) is 0 Å². The molecule has 1 N–H and O–H groups in total. The highest BCUT2D eigenvalue weighted by Crippen LogP contribution is 2.27. The van der Waals surface area contributed by atoms with E-state index in [1.165, 1.54) is 27.5 Å². The highest BCUT2D eigenvalue weighted by Gasteiger charge is 2.07. The van der Waals surface area contributed by atoms with Crippen molar-refractivity contribution in [1.29, 1.82) is 0 Å². The Hall–Kier alpha value is -2.32. The largest absolute Gasteiger partial charge is 0.496 e. The molecule has 0 heterocycles. The second-order valence-electron chi connectivity index (χ2n) is 5.82. The van der Waals surface area contributed by atoms with Gasteiger partial charge in [0.2, 0.25) is 0 Å². The van der Waals surface area contributed by atoms with Crippen LogP contribution in [-0.2, 0) is 13.0 Å². The summed E-state index contributed by atoms with van der Waals surface area (Å²) in [6, 6.07) is 21.2. The Morgan fingerprint density at radius 3 is 2.52 bits per heavy atom. The van der Waals surface area contributed by atoms with Gasteiger partial charge in [-0.25, -0.2) is 0 Å². The molecule has 0 aromatic heterocycles. The Bertz CT molecular complexity index is 795. The second kappa shape index (κ2) is 7.30. The number of ether oxygens (including phenoxy) is 1. The molecule has 0 spiro atoms. The zero-order chi connectivity index (χ0) is 16.1. The molecule has 3 rings (SSSR count). The summed E-state index contributed by atoms with van der Waals surface area (Å²) < 4.78 is 5.55. The van der Waals surface area contributed by atoms with Crippen LogP contribution in [0.5, 0.6) is 5.75 Å². The van der Waals surface area contributed by atoms with Crippen LogP contribution in [0.2, 0.25) is 0 Å². The lowest BCUT2D eigenvalue weighted by Gasteiger charge is -2.13. The Labute approximate surface area is 138 Å². The first kappa shape index (κ1) is 15.6. The quantitative estimate of drug-likeness (QED) is 0.678. The van der Waals surface area contributed by atoms with Gasteiger partial charge in [-0.2, -0.15) is 0 Å². The van der Waals surface area contributed by atoms with Crippen LogP contribution >= 0.6 is 0 Å². The summed E-state index contributed by atoms with van der Waals surface area (Å²) in [5, 5.41) is 6.08. The molecule has 2 heteroatoms. The van der Waals surface area contributed by atoms with Crippen LogP contribution in [0.15, 0.2) is 60.7 Å². The average molecular weight is 305 g/mol. The minimum Gasteiger partial charge on any atom is -0.496 e. The fourth-order valence-corrected chi connectivity index (χ4v) is 3.02. The fourth-order valence-electron chi connectivity index (χ4n) is 3.02. The summed E-state index contributed by atoms with van der Waals surface area (Å²) in [7, 11) is 1.74. The number of aryl methyl sites for hydroxylation is 1. The van der Waals surface area contributed by atoms with E-state index in [9.17, 15) is 0 Å². The summed E-state index contributed by atoms with van der Waals surface area (Å²) in [6.45, 7) is 3.94. The van der Waals surface area contributed by atoms with E-state index in [0.29, 0.717) is 0 Å². The highest BCUT2D eigenvalue weighted by atomic mass is 16.5. The van der Waals surface area contributed by atoms with Crippen molar-refractivity contribution < 1.29 is 4.74 Å². The predicted molar refractivity (Wildman–Crippen MR) is 97.1 cm³/mol. The normalized spacial score (nSPS) is 10.9. The van der Waals surface area contributed by atoms with Crippen LogP contribution in [0.3, 0.4) is 0 Å². The maximum absolute atomic E-state index is 5.55. The van der Waals surface area contributed by atoms with E-state index < -0.39 is 0 Å². The first-order valence-electron chi connectivity index (χ1n) is 8.09. The molecular weight excluding hydrogens is 282 g/mol. The summed E-state index contributed by atoms with van der Waals surface area (Å²) in [5.74, 6) is 0.951. The van der Waals surface area contributed by atoms with Gasteiger partial charge in [0.15, 0.2) is 0 Å². The van der Waals surface area contributed by atoms with Crippen molar-refractivity contribution >= 4 is 10.8 Å². The van der Waals surface area contributed by atoms with Crippen LogP contribution in [0, 0.1) is 6.92 Å². The minimum absolute atomic E-state index is 0.816. The highest BCUT2D eigenvalue weighted by molar-refractivity contribution is 5.87. The zero-order valence-electron chi connectivity index (χ0n) is 13.8. The third-order valence-electron chi connectivity index (χ3n) is 4.35. The number of nitrogens with one attached hydrogen (secondary N) is 1. The number of hydrogen-bond donors (Lipinski definition) is 1. The summed E-state index contributed by atoms with van der Waals surface area (Å²) in [5.41, 5.74) is 4.00. The van der Waals surface area contributed by atoms with E-state index in [1.807, 2.05) is 0 Å². The van der Waals surface area contributed by atoms with Gasteiger partial charge in [-0.05, 0) is 47.9 Å². The topological polar surface area (TPSA) is 21.3 Å². The van der Waals surface area contributed by atoms with Crippen molar-refractivity contribution in [2.24, 2.45) is 0 Å². The van der Waals surface area contributed by atoms with Crippen LogP contribution in [-0.4, -0.2) is 13.7 Å². The van der Waals surface area contributed by atoms with Crippen molar-refractivity contribution in [3.8, 4) is 5.75 Å². The molecule has 0 atom stereocenters. The number of methoxy groups -OCH3 is 1. The van der Waals surface area contributed by atoms with E-state index in [0.717, 1.165) is 25.3 Å². The molecule has 0 aliphatic heterocycles. The van der Waals surface area contributed by atoms with Crippen molar-refractivity contribution in [2.45, 2.75) is 19.9 Å². The minimum atomic E-state index is 0.816. The Balaban J connectivity index is 1.70. The number of rotatable bonds is 6. The SMILES string of the molecule is COc1ccc2ccccc2c1CNCCc1ccccc1C. The maximum Gasteiger partial charge on any atom is 0.123 e. The Kier molecular flexibility index (Phi) is 4.94.